The molecule has 0 bridgehead atoms. The Morgan fingerprint density at radius 2 is 1.85 bits per heavy atom. The Hall–Kier alpha value is -2.63. The fourth-order valence-electron chi connectivity index (χ4n) is 3.07. The fraction of sp³-hybridized carbons (Fsp3) is 0.450. The Labute approximate surface area is 154 Å². The molecule has 1 fully saturated rings. The zero-order valence-electron chi connectivity index (χ0n) is 15.9. The van der Waals surface area contributed by atoms with E-state index in [9.17, 15) is 4.79 Å². The van der Waals surface area contributed by atoms with Crippen molar-refractivity contribution in [1.29, 1.82) is 0 Å². The quantitative estimate of drug-likeness (QED) is 0.845. The summed E-state index contributed by atoms with van der Waals surface area (Å²) in [5, 5.41) is 0. The van der Waals surface area contributed by atoms with Crippen molar-refractivity contribution in [3.8, 4) is 5.75 Å². The lowest BCUT2D eigenvalue weighted by molar-refractivity contribution is 0.0746. The molecule has 0 aliphatic carbocycles. The molecule has 0 saturated carbocycles. The minimum Gasteiger partial charge on any atom is -0.497 e. The summed E-state index contributed by atoms with van der Waals surface area (Å²) in [5.74, 6) is 2.87. The van der Waals surface area contributed by atoms with Gasteiger partial charge in [0.2, 0.25) is 0 Å². The van der Waals surface area contributed by atoms with Crippen LogP contribution in [0.4, 0.5) is 5.82 Å². The molecular formula is C20H26N4O2. The molecule has 1 aromatic carbocycles. The Kier molecular flexibility index (Phi) is 5.40. The normalized spacial score (nSPS) is 14.7. The predicted octanol–water partition coefficient (Wildman–Crippen LogP) is 2.88. The first-order valence-electron chi connectivity index (χ1n) is 9.02. The summed E-state index contributed by atoms with van der Waals surface area (Å²) in [4.78, 5) is 26.1. The summed E-state index contributed by atoms with van der Waals surface area (Å²) in [6.07, 6.45) is 0. The molecule has 26 heavy (non-hydrogen) atoms. The number of nitrogens with zero attached hydrogens (tertiary/aromatic N) is 4. The van der Waals surface area contributed by atoms with Gasteiger partial charge in [0.1, 0.15) is 17.4 Å². The van der Waals surface area contributed by atoms with Crippen molar-refractivity contribution in [3.05, 3.63) is 47.4 Å². The molecule has 2 aromatic rings. The average Bonchev–Trinajstić information content (AvgIpc) is 2.67. The first-order chi connectivity index (χ1) is 12.5. The third-order valence-corrected chi connectivity index (χ3v) is 4.58. The number of hydrogen-bond donors (Lipinski definition) is 0. The number of benzene rings is 1. The van der Waals surface area contributed by atoms with Gasteiger partial charge in [-0.2, -0.15) is 0 Å². The van der Waals surface area contributed by atoms with Crippen LogP contribution < -0.4 is 9.64 Å². The molecule has 1 aliphatic heterocycles. The highest BCUT2D eigenvalue weighted by molar-refractivity contribution is 5.94. The molecule has 6 heteroatoms. The molecule has 1 aliphatic rings. The Morgan fingerprint density at radius 3 is 2.50 bits per heavy atom. The number of amides is 1. The number of rotatable bonds is 4. The van der Waals surface area contributed by atoms with Gasteiger partial charge in [-0.3, -0.25) is 4.79 Å². The van der Waals surface area contributed by atoms with Crippen molar-refractivity contribution in [2.24, 2.45) is 0 Å². The number of anilines is 1. The molecule has 138 valence electrons. The molecule has 0 unspecified atom stereocenters. The van der Waals surface area contributed by atoms with E-state index in [0.717, 1.165) is 30.4 Å². The zero-order chi connectivity index (χ0) is 18.7. The summed E-state index contributed by atoms with van der Waals surface area (Å²) in [7, 11) is 1.61. The van der Waals surface area contributed by atoms with Crippen molar-refractivity contribution < 1.29 is 9.53 Å². The number of aryl methyl sites for hydroxylation is 1. The molecule has 1 amide bonds. The van der Waals surface area contributed by atoms with Crippen molar-refractivity contribution in [3.63, 3.8) is 0 Å². The second kappa shape index (κ2) is 7.72. The van der Waals surface area contributed by atoms with E-state index in [2.05, 4.69) is 23.7 Å². The van der Waals surface area contributed by atoms with Gasteiger partial charge in [-0.15, -0.1) is 0 Å². The number of hydrogen-bond acceptors (Lipinski definition) is 5. The first kappa shape index (κ1) is 18.2. The lowest BCUT2D eigenvalue weighted by atomic mass is 10.1. The summed E-state index contributed by atoms with van der Waals surface area (Å²) in [6, 6.07) is 9.33. The van der Waals surface area contributed by atoms with Crippen molar-refractivity contribution in [1.82, 2.24) is 14.9 Å². The van der Waals surface area contributed by atoms with E-state index in [1.165, 1.54) is 0 Å². The lowest BCUT2D eigenvalue weighted by Crippen LogP contribution is -2.49. The standard InChI is InChI=1S/C20H26N4O2/c1-14(2)19-21-15(3)12-18(22-19)23-8-10-24(11-9-23)20(25)16-6-5-7-17(13-16)26-4/h5-7,12-14H,8-11H2,1-4H3. The average molecular weight is 354 g/mol. The van der Waals surface area contributed by atoms with Crippen LogP contribution in [0, 0.1) is 6.92 Å². The molecule has 0 radical (unpaired) electrons. The summed E-state index contributed by atoms with van der Waals surface area (Å²) < 4.78 is 5.22. The maximum absolute atomic E-state index is 12.7. The van der Waals surface area contributed by atoms with Gasteiger partial charge in [-0.05, 0) is 25.1 Å². The molecule has 1 saturated heterocycles. The smallest absolute Gasteiger partial charge is 0.254 e. The second-order valence-corrected chi connectivity index (χ2v) is 6.89. The van der Waals surface area contributed by atoms with Crippen LogP contribution in [0.25, 0.3) is 0 Å². The second-order valence-electron chi connectivity index (χ2n) is 6.89. The number of ether oxygens (including phenoxy) is 1. The van der Waals surface area contributed by atoms with E-state index >= 15 is 0 Å². The fourth-order valence-corrected chi connectivity index (χ4v) is 3.07. The van der Waals surface area contributed by atoms with Gasteiger partial charge < -0.3 is 14.5 Å². The Bertz CT molecular complexity index is 783. The van der Waals surface area contributed by atoms with Crippen LogP contribution in [0.2, 0.25) is 0 Å². The highest BCUT2D eigenvalue weighted by Crippen LogP contribution is 2.20. The number of carbonyl (C=O) groups is 1. The predicted molar refractivity (Wildman–Crippen MR) is 102 cm³/mol. The Balaban J connectivity index is 1.68. The van der Waals surface area contributed by atoms with Crippen molar-refractivity contribution in [2.75, 3.05) is 38.2 Å². The van der Waals surface area contributed by atoms with Gasteiger partial charge in [0.05, 0.1) is 7.11 Å². The van der Waals surface area contributed by atoms with Crippen LogP contribution >= 0.6 is 0 Å². The summed E-state index contributed by atoms with van der Waals surface area (Å²) >= 11 is 0. The molecule has 1 aromatic heterocycles. The van der Waals surface area contributed by atoms with E-state index in [-0.39, 0.29) is 5.91 Å². The van der Waals surface area contributed by atoms with Crippen molar-refractivity contribution >= 4 is 11.7 Å². The third kappa shape index (κ3) is 3.95. The molecule has 6 nitrogen and oxygen atoms in total. The topological polar surface area (TPSA) is 58.6 Å². The van der Waals surface area contributed by atoms with Crippen LogP contribution in [-0.2, 0) is 0 Å². The highest BCUT2D eigenvalue weighted by atomic mass is 16.5. The van der Waals surface area contributed by atoms with Gasteiger partial charge >= 0.3 is 0 Å². The van der Waals surface area contributed by atoms with E-state index < -0.39 is 0 Å². The molecule has 2 heterocycles. The maximum atomic E-state index is 12.7. The van der Waals surface area contributed by atoms with E-state index in [4.69, 9.17) is 9.72 Å². The van der Waals surface area contributed by atoms with Gasteiger partial charge in [0, 0.05) is 49.4 Å². The van der Waals surface area contributed by atoms with E-state index in [0.29, 0.717) is 30.3 Å². The maximum Gasteiger partial charge on any atom is 0.254 e. The van der Waals surface area contributed by atoms with Crippen LogP contribution in [0.1, 0.15) is 41.6 Å². The van der Waals surface area contributed by atoms with Gasteiger partial charge in [0.25, 0.3) is 5.91 Å². The Morgan fingerprint density at radius 1 is 1.12 bits per heavy atom. The molecule has 3 rings (SSSR count). The zero-order valence-corrected chi connectivity index (χ0v) is 15.9. The minimum atomic E-state index is 0.0466. The number of aromatic nitrogens is 2. The lowest BCUT2D eigenvalue weighted by Gasteiger charge is -2.35. The van der Waals surface area contributed by atoms with E-state index in [1.54, 1.807) is 13.2 Å². The number of methoxy groups -OCH3 is 1. The van der Waals surface area contributed by atoms with Crippen molar-refractivity contribution in [2.45, 2.75) is 26.7 Å². The minimum absolute atomic E-state index is 0.0466. The van der Waals surface area contributed by atoms with E-state index in [1.807, 2.05) is 36.1 Å². The van der Waals surface area contributed by atoms with Gasteiger partial charge in [-0.1, -0.05) is 19.9 Å². The van der Waals surface area contributed by atoms with Gasteiger partial charge in [-0.25, -0.2) is 9.97 Å². The van der Waals surface area contributed by atoms with Crippen LogP contribution in [0.15, 0.2) is 30.3 Å². The van der Waals surface area contributed by atoms with Crippen LogP contribution in [0.3, 0.4) is 0 Å². The largest absolute Gasteiger partial charge is 0.497 e. The SMILES string of the molecule is COc1cccc(C(=O)N2CCN(c3cc(C)nc(C(C)C)n3)CC2)c1. The van der Waals surface area contributed by atoms with Crippen LogP contribution in [-0.4, -0.2) is 54.1 Å². The van der Waals surface area contributed by atoms with Crippen LogP contribution in [0.5, 0.6) is 5.75 Å². The first-order valence-corrected chi connectivity index (χ1v) is 9.02. The van der Waals surface area contributed by atoms with Gasteiger partial charge in [0.15, 0.2) is 0 Å². The summed E-state index contributed by atoms with van der Waals surface area (Å²) in [5.41, 5.74) is 1.64. The molecular weight excluding hydrogens is 328 g/mol. The highest BCUT2D eigenvalue weighted by Gasteiger charge is 2.23. The molecule has 0 atom stereocenters. The monoisotopic (exact) mass is 354 g/mol. The summed E-state index contributed by atoms with van der Waals surface area (Å²) in [6.45, 7) is 9.09. The number of carbonyl (C=O) groups excluding carboxylic acids is 1. The molecule has 0 N–H and O–H groups in total. The molecule has 0 spiro atoms. The number of piperazine rings is 1. The third-order valence-electron chi connectivity index (χ3n) is 4.58.